The van der Waals surface area contributed by atoms with Crippen molar-refractivity contribution in [2.45, 2.75) is 32.7 Å². The van der Waals surface area contributed by atoms with E-state index in [4.69, 9.17) is 9.15 Å². The summed E-state index contributed by atoms with van der Waals surface area (Å²) in [4.78, 5) is 16.6. The number of hydrogen-bond donors (Lipinski definition) is 1. The van der Waals surface area contributed by atoms with Crippen LogP contribution in [0.4, 0.5) is 0 Å². The first-order chi connectivity index (χ1) is 13.7. The van der Waals surface area contributed by atoms with Gasteiger partial charge < -0.3 is 9.15 Å². The molecule has 5 heteroatoms. The highest BCUT2D eigenvalue weighted by Gasteiger charge is 2.37. The number of likely N-dealkylation sites (tertiary alicyclic amines) is 1. The van der Waals surface area contributed by atoms with Gasteiger partial charge in [0.05, 0.1) is 12.1 Å². The van der Waals surface area contributed by atoms with Gasteiger partial charge in [0.25, 0.3) is 0 Å². The van der Waals surface area contributed by atoms with Gasteiger partial charge in [-0.15, -0.1) is 0 Å². The zero-order chi connectivity index (χ0) is 19.4. The summed E-state index contributed by atoms with van der Waals surface area (Å²) in [6.45, 7) is 6.61. The van der Waals surface area contributed by atoms with Gasteiger partial charge in [-0.25, -0.2) is 4.79 Å². The van der Waals surface area contributed by atoms with Crippen molar-refractivity contribution >= 4 is 11.1 Å². The Hall–Kier alpha value is -2.37. The Morgan fingerprint density at radius 2 is 2.04 bits per heavy atom. The lowest BCUT2D eigenvalue weighted by Crippen LogP contribution is -2.32. The molecule has 148 valence electrons. The monoisotopic (exact) mass is 380 g/mol. The largest absolute Gasteiger partial charge is 0.417 e. The minimum Gasteiger partial charge on any atom is -0.408 e. The fraction of sp³-hybridized carbons (Fsp3) is 0.435. The molecule has 1 aliphatic rings. The molecule has 0 saturated carbocycles. The summed E-state index contributed by atoms with van der Waals surface area (Å²) in [5.41, 5.74) is 4.15. The van der Waals surface area contributed by atoms with Crippen LogP contribution < -0.4 is 5.76 Å². The molecular weight excluding hydrogens is 352 g/mol. The first-order valence-corrected chi connectivity index (χ1v) is 10.1. The second-order valence-electron chi connectivity index (χ2n) is 7.93. The van der Waals surface area contributed by atoms with Crippen molar-refractivity contribution in [1.82, 2.24) is 9.88 Å². The van der Waals surface area contributed by atoms with E-state index in [1.54, 1.807) is 0 Å². The van der Waals surface area contributed by atoms with Gasteiger partial charge in [-0.1, -0.05) is 36.4 Å². The molecule has 1 saturated heterocycles. The Morgan fingerprint density at radius 3 is 2.86 bits per heavy atom. The summed E-state index contributed by atoms with van der Waals surface area (Å²) in [5, 5.41) is 0. The maximum Gasteiger partial charge on any atom is 0.417 e. The number of nitrogens with zero attached hydrogens (tertiary/aromatic N) is 1. The molecule has 2 heterocycles. The maximum atomic E-state index is 11.4. The highest BCUT2D eigenvalue weighted by Crippen LogP contribution is 2.36. The second kappa shape index (κ2) is 8.33. The highest BCUT2D eigenvalue weighted by atomic mass is 16.5. The molecule has 0 aliphatic carbocycles. The van der Waals surface area contributed by atoms with E-state index in [9.17, 15) is 4.79 Å². The van der Waals surface area contributed by atoms with Gasteiger partial charge in [0.15, 0.2) is 5.58 Å². The third-order valence-electron chi connectivity index (χ3n) is 5.81. The van der Waals surface area contributed by atoms with Gasteiger partial charge in [0.2, 0.25) is 0 Å². The molecule has 3 aromatic rings. The van der Waals surface area contributed by atoms with Crippen molar-refractivity contribution in [2.24, 2.45) is 5.41 Å². The number of hydrogen-bond acceptors (Lipinski definition) is 4. The predicted octanol–water partition coefficient (Wildman–Crippen LogP) is 3.98. The van der Waals surface area contributed by atoms with Gasteiger partial charge in [-0.05, 0) is 56.0 Å². The number of aromatic amines is 1. The Labute approximate surface area is 165 Å². The molecule has 0 spiro atoms. The van der Waals surface area contributed by atoms with Crippen molar-refractivity contribution in [2.75, 3.05) is 26.3 Å². The Morgan fingerprint density at radius 1 is 1.18 bits per heavy atom. The topological polar surface area (TPSA) is 58.5 Å². The molecule has 0 amide bonds. The predicted molar refractivity (Wildman–Crippen MR) is 110 cm³/mol. The van der Waals surface area contributed by atoms with Gasteiger partial charge in [0, 0.05) is 25.1 Å². The molecule has 1 fully saturated rings. The molecular formula is C23H28N2O3. The van der Waals surface area contributed by atoms with Crippen molar-refractivity contribution in [3.8, 4) is 0 Å². The Bertz CT molecular complexity index is 963. The molecule has 1 N–H and O–H groups in total. The number of oxazole rings is 1. The molecule has 1 aliphatic heterocycles. The third-order valence-corrected chi connectivity index (χ3v) is 5.81. The van der Waals surface area contributed by atoms with Crippen LogP contribution in [0.5, 0.6) is 0 Å². The summed E-state index contributed by atoms with van der Waals surface area (Å²) < 4.78 is 11.1. The minimum atomic E-state index is -0.398. The number of aryl methyl sites for hydroxylation is 1. The number of nitrogens with one attached hydrogen (secondary N) is 1. The van der Waals surface area contributed by atoms with E-state index in [1.807, 2.05) is 12.1 Å². The molecule has 2 aromatic carbocycles. The fourth-order valence-electron chi connectivity index (χ4n) is 4.28. The lowest BCUT2D eigenvalue weighted by atomic mass is 9.82. The maximum absolute atomic E-state index is 11.4. The van der Waals surface area contributed by atoms with E-state index in [2.05, 4.69) is 53.2 Å². The van der Waals surface area contributed by atoms with Gasteiger partial charge in [-0.2, -0.15) is 0 Å². The van der Waals surface area contributed by atoms with Crippen molar-refractivity contribution in [3.05, 3.63) is 70.2 Å². The average molecular weight is 380 g/mol. The molecule has 1 aromatic heterocycles. The molecule has 5 nitrogen and oxygen atoms in total. The van der Waals surface area contributed by atoms with Gasteiger partial charge in [-0.3, -0.25) is 9.88 Å². The van der Waals surface area contributed by atoms with E-state index in [0.717, 1.165) is 57.6 Å². The summed E-state index contributed by atoms with van der Waals surface area (Å²) in [5.74, 6) is -0.398. The van der Waals surface area contributed by atoms with Crippen LogP contribution in [-0.2, 0) is 17.7 Å². The SMILES string of the molecule is CCOC[C@]1(CCc2ccccc2)CCN(Cc2ccc3[nH]c(=O)oc3c2)C1. The number of H-pyrrole nitrogens is 1. The summed E-state index contributed by atoms with van der Waals surface area (Å²) in [6.07, 6.45) is 3.38. The van der Waals surface area contributed by atoms with E-state index < -0.39 is 5.76 Å². The molecule has 0 unspecified atom stereocenters. The van der Waals surface area contributed by atoms with Crippen LogP contribution in [0.25, 0.3) is 11.1 Å². The van der Waals surface area contributed by atoms with Crippen LogP contribution in [0, 0.1) is 5.41 Å². The second-order valence-corrected chi connectivity index (χ2v) is 7.93. The van der Waals surface area contributed by atoms with E-state index in [0.29, 0.717) is 5.58 Å². The minimum absolute atomic E-state index is 0.205. The Balaban J connectivity index is 1.43. The lowest BCUT2D eigenvalue weighted by Gasteiger charge is -2.29. The molecule has 4 rings (SSSR count). The smallest absolute Gasteiger partial charge is 0.408 e. The van der Waals surface area contributed by atoms with Crippen LogP contribution in [0.3, 0.4) is 0 Å². The fourth-order valence-corrected chi connectivity index (χ4v) is 4.28. The first-order valence-electron chi connectivity index (χ1n) is 10.1. The van der Waals surface area contributed by atoms with Crippen LogP contribution >= 0.6 is 0 Å². The third kappa shape index (κ3) is 4.37. The molecule has 0 bridgehead atoms. The lowest BCUT2D eigenvalue weighted by molar-refractivity contribution is 0.0489. The van der Waals surface area contributed by atoms with Crippen LogP contribution in [0.15, 0.2) is 57.7 Å². The first kappa shape index (κ1) is 19.0. The van der Waals surface area contributed by atoms with Crippen molar-refractivity contribution in [1.29, 1.82) is 0 Å². The highest BCUT2D eigenvalue weighted by molar-refractivity contribution is 5.72. The van der Waals surface area contributed by atoms with Gasteiger partial charge in [0.1, 0.15) is 0 Å². The summed E-state index contributed by atoms with van der Waals surface area (Å²) in [7, 11) is 0. The van der Waals surface area contributed by atoms with Gasteiger partial charge >= 0.3 is 5.76 Å². The average Bonchev–Trinajstić information content (AvgIpc) is 3.28. The Kier molecular flexibility index (Phi) is 5.64. The van der Waals surface area contributed by atoms with Crippen molar-refractivity contribution in [3.63, 3.8) is 0 Å². The number of benzene rings is 2. The zero-order valence-corrected chi connectivity index (χ0v) is 16.4. The van der Waals surface area contributed by atoms with Crippen LogP contribution in [-0.4, -0.2) is 36.2 Å². The normalized spacial score (nSPS) is 20.2. The van der Waals surface area contributed by atoms with Crippen molar-refractivity contribution < 1.29 is 9.15 Å². The number of fused-ring (bicyclic) bond motifs is 1. The summed E-state index contributed by atoms with van der Waals surface area (Å²) >= 11 is 0. The molecule has 1 atom stereocenters. The zero-order valence-electron chi connectivity index (χ0n) is 16.4. The summed E-state index contributed by atoms with van der Waals surface area (Å²) in [6, 6.07) is 16.7. The molecule has 0 radical (unpaired) electrons. The van der Waals surface area contributed by atoms with E-state index >= 15 is 0 Å². The van der Waals surface area contributed by atoms with E-state index in [-0.39, 0.29) is 5.41 Å². The van der Waals surface area contributed by atoms with E-state index in [1.165, 1.54) is 11.1 Å². The standard InChI is InChI=1S/C23H28N2O3/c1-2-27-17-23(11-10-18-6-4-3-5-7-18)12-13-25(16-23)15-19-8-9-20-21(14-19)28-22(26)24-20/h3-9,14H,2,10-13,15-17H2,1H3,(H,24,26)/t23-/m1/s1. The number of rotatable bonds is 8. The molecule has 28 heavy (non-hydrogen) atoms. The number of aromatic nitrogens is 1. The van der Waals surface area contributed by atoms with Crippen LogP contribution in [0.2, 0.25) is 0 Å². The number of ether oxygens (including phenoxy) is 1. The van der Waals surface area contributed by atoms with Crippen LogP contribution in [0.1, 0.15) is 30.9 Å². The quantitative estimate of drug-likeness (QED) is 0.642.